The lowest BCUT2D eigenvalue weighted by molar-refractivity contribution is -0.155. The first-order chi connectivity index (χ1) is 14.9. The van der Waals surface area contributed by atoms with Crippen molar-refractivity contribution in [2.24, 2.45) is 11.3 Å². The number of halogens is 3. The Bertz CT molecular complexity index is 893. The summed E-state index contributed by atoms with van der Waals surface area (Å²) in [4.78, 5) is 49.7. The average Bonchev–Trinajstić information content (AvgIpc) is 2.75. The summed E-state index contributed by atoms with van der Waals surface area (Å²) in [6, 6.07) is 1.49. The van der Waals surface area contributed by atoms with Gasteiger partial charge in [0, 0.05) is 18.5 Å². The second-order valence-corrected chi connectivity index (χ2v) is 8.47. The lowest BCUT2D eigenvalue weighted by Gasteiger charge is -2.34. The summed E-state index contributed by atoms with van der Waals surface area (Å²) in [6.07, 6.45) is 0.842. The number of anilines is 1. The average molecular weight is 457 g/mol. The van der Waals surface area contributed by atoms with Gasteiger partial charge in [0.25, 0.3) is 5.91 Å². The van der Waals surface area contributed by atoms with E-state index in [-0.39, 0.29) is 5.91 Å². The van der Waals surface area contributed by atoms with Crippen LogP contribution in [0.5, 0.6) is 0 Å². The first-order valence-corrected chi connectivity index (χ1v) is 10.1. The number of rotatable bonds is 6. The van der Waals surface area contributed by atoms with E-state index in [2.05, 4.69) is 5.32 Å². The SMILES string of the molecule is CC(C)(C)C(=O)N1CCC(C(=O)OCC(=O)NCC(=O)Nc2ccc(F)c(F)c2F)CC1. The monoisotopic (exact) mass is 457 g/mol. The van der Waals surface area contributed by atoms with E-state index in [1.54, 1.807) is 4.90 Å². The van der Waals surface area contributed by atoms with Crippen LogP contribution in [-0.2, 0) is 23.9 Å². The van der Waals surface area contributed by atoms with Crippen molar-refractivity contribution in [3.05, 3.63) is 29.6 Å². The molecule has 1 saturated heterocycles. The van der Waals surface area contributed by atoms with Gasteiger partial charge in [-0.05, 0) is 25.0 Å². The van der Waals surface area contributed by atoms with Gasteiger partial charge >= 0.3 is 5.97 Å². The maximum Gasteiger partial charge on any atom is 0.309 e. The lowest BCUT2D eigenvalue weighted by atomic mass is 9.91. The highest BCUT2D eigenvalue weighted by molar-refractivity contribution is 5.95. The van der Waals surface area contributed by atoms with Gasteiger partial charge in [-0.25, -0.2) is 13.2 Å². The number of ether oxygens (including phenoxy) is 1. The third kappa shape index (κ3) is 6.69. The number of nitrogens with zero attached hydrogens (tertiary/aromatic N) is 1. The first kappa shape index (κ1) is 25.2. The summed E-state index contributed by atoms with van der Waals surface area (Å²) < 4.78 is 44.6. The number of esters is 1. The van der Waals surface area contributed by atoms with E-state index in [4.69, 9.17) is 4.74 Å². The van der Waals surface area contributed by atoms with Crippen LogP contribution in [0.15, 0.2) is 12.1 Å². The standard InChI is InChI=1S/C21H26F3N3O5/c1-21(2,3)20(31)27-8-6-12(7-9-27)19(30)32-11-16(29)25-10-15(28)26-14-5-4-13(22)17(23)18(14)24/h4-5,12H,6-11H2,1-3H3,(H,25,29)(H,26,28). The largest absolute Gasteiger partial charge is 0.455 e. The Morgan fingerprint density at radius 1 is 1.03 bits per heavy atom. The van der Waals surface area contributed by atoms with Gasteiger partial charge in [-0.2, -0.15) is 0 Å². The molecule has 8 nitrogen and oxygen atoms in total. The Hall–Kier alpha value is -3.11. The molecule has 0 aliphatic carbocycles. The molecule has 1 aliphatic rings. The molecule has 3 amide bonds. The van der Waals surface area contributed by atoms with Crippen LogP contribution in [0.3, 0.4) is 0 Å². The number of carbonyl (C=O) groups is 4. The van der Waals surface area contributed by atoms with E-state index < -0.39 is 65.4 Å². The fourth-order valence-electron chi connectivity index (χ4n) is 3.09. The van der Waals surface area contributed by atoms with Gasteiger partial charge in [0.05, 0.1) is 18.2 Å². The van der Waals surface area contributed by atoms with Crippen LogP contribution in [0.2, 0.25) is 0 Å². The van der Waals surface area contributed by atoms with Crippen LogP contribution < -0.4 is 10.6 Å². The van der Waals surface area contributed by atoms with E-state index in [1.165, 1.54) is 0 Å². The molecule has 0 saturated carbocycles. The minimum Gasteiger partial charge on any atom is -0.455 e. The molecule has 2 N–H and O–H groups in total. The number of benzene rings is 1. The fourth-order valence-corrected chi connectivity index (χ4v) is 3.09. The van der Waals surface area contributed by atoms with Crippen LogP contribution in [0, 0.1) is 28.8 Å². The zero-order valence-electron chi connectivity index (χ0n) is 18.1. The molecule has 1 heterocycles. The maximum absolute atomic E-state index is 13.5. The van der Waals surface area contributed by atoms with Crippen molar-refractivity contribution in [3.63, 3.8) is 0 Å². The van der Waals surface area contributed by atoms with E-state index in [9.17, 15) is 32.3 Å². The highest BCUT2D eigenvalue weighted by Crippen LogP contribution is 2.24. The second-order valence-electron chi connectivity index (χ2n) is 8.47. The normalized spacial score (nSPS) is 14.6. The summed E-state index contributed by atoms with van der Waals surface area (Å²) in [5.74, 6) is -7.35. The van der Waals surface area contributed by atoms with Gasteiger partial charge in [-0.1, -0.05) is 20.8 Å². The second kappa shape index (κ2) is 10.5. The Morgan fingerprint density at radius 3 is 2.25 bits per heavy atom. The number of nitrogens with one attached hydrogen (secondary N) is 2. The van der Waals surface area contributed by atoms with Gasteiger partial charge in [0.2, 0.25) is 11.8 Å². The Kier molecular flexibility index (Phi) is 8.23. The third-order valence-corrected chi connectivity index (χ3v) is 4.86. The van der Waals surface area contributed by atoms with Crippen LogP contribution in [-0.4, -0.2) is 54.8 Å². The molecule has 0 unspecified atom stereocenters. The summed E-state index contributed by atoms with van der Waals surface area (Å²) in [7, 11) is 0. The van der Waals surface area contributed by atoms with Crippen molar-refractivity contribution in [1.29, 1.82) is 0 Å². The number of amides is 3. The van der Waals surface area contributed by atoms with Crippen molar-refractivity contribution in [2.75, 3.05) is 31.6 Å². The van der Waals surface area contributed by atoms with Crippen molar-refractivity contribution in [2.45, 2.75) is 33.6 Å². The molecule has 1 aromatic carbocycles. The van der Waals surface area contributed by atoms with Crippen LogP contribution in [0.4, 0.5) is 18.9 Å². The van der Waals surface area contributed by atoms with Gasteiger partial charge < -0.3 is 20.3 Å². The Labute approximate surface area is 183 Å². The molecule has 176 valence electrons. The lowest BCUT2D eigenvalue weighted by Crippen LogP contribution is -2.45. The van der Waals surface area contributed by atoms with Crippen molar-refractivity contribution >= 4 is 29.4 Å². The quantitative estimate of drug-likeness (QED) is 0.502. The molecule has 32 heavy (non-hydrogen) atoms. The van der Waals surface area contributed by atoms with E-state index >= 15 is 0 Å². The smallest absolute Gasteiger partial charge is 0.309 e. The molecule has 0 atom stereocenters. The molecule has 1 aliphatic heterocycles. The molecule has 0 aromatic heterocycles. The number of hydrogen-bond donors (Lipinski definition) is 2. The van der Waals surface area contributed by atoms with E-state index in [0.29, 0.717) is 32.0 Å². The third-order valence-electron chi connectivity index (χ3n) is 4.86. The molecule has 1 fully saturated rings. The molecule has 1 aromatic rings. The highest BCUT2D eigenvalue weighted by atomic mass is 19.2. The summed E-state index contributed by atoms with van der Waals surface area (Å²) in [6.45, 7) is 5.09. The van der Waals surface area contributed by atoms with Crippen LogP contribution in [0.25, 0.3) is 0 Å². The van der Waals surface area contributed by atoms with Crippen LogP contribution in [0.1, 0.15) is 33.6 Å². The van der Waals surface area contributed by atoms with Gasteiger partial charge in [-0.3, -0.25) is 19.2 Å². The van der Waals surface area contributed by atoms with Gasteiger partial charge in [0.15, 0.2) is 24.1 Å². The van der Waals surface area contributed by atoms with E-state index in [1.807, 2.05) is 26.1 Å². The number of carbonyl (C=O) groups excluding carboxylic acids is 4. The zero-order valence-corrected chi connectivity index (χ0v) is 18.1. The van der Waals surface area contributed by atoms with Crippen molar-refractivity contribution in [1.82, 2.24) is 10.2 Å². The van der Waals surface area contributed by atoms with Crippen molar-refractivity contribution < 1.29 is 37.1 Å². The number of piperidine rings is 1. The summed E-state index contributed by atoms with van der Waals surface area (Å²) in [5, 5.41) is 4.17. The van der Waals surface area contributed by atoms with Gasteiger partial charge in [-0.15, -0.1) is 0 Å². The topological polar surface area (TPSA) is 105 Å². The summed E-state index contributed by atoms with van der Waals surface area (Å²) in [5.41, 5.74) is -1.08. The molecular formula is C21H26F3N3O5. The Balaban J connectivity index is 1.71. The predicted molar refractivity (Wildman–Crippen MR) is 108 cm³/mol. The molecule has 11 heteroatoms. The predicted octanol–water partition coefficient (Wildman–Crippen LogP) is 1.99. The Morgan fingerprint density at radius 2 is 1.66 bits per heavy atom. The minimum atomic E-state index is -1.73. The highest BCUT2D eigenvalue weighted by Gasteiger charge is 2.33. The van der Waals surface area contributed by atoms with Gasteiger partial charge in [0.1, 0.15) is 0 Å². The molecule has 0 bridgehead atoms. The number of likely N-dealkylation sites (tertiary alicyclic amines) is 1. The number of hydrogen-bond acceptors (Lipinski definition) is 5. The first-order valence-electron chi connectivity index (χ1n) is 10.1. The van der Waals surface area contributed by atoms with E-state index in [0.717, 1.165) is 6.07 Å². The fraction of sp³-hybridized carbons (Fsp3) is 0.524. The molecular weight excluding hydrogens is 431 g/mol. The van der Waals surface area contributed by atoms with Crippen LogP contribution >= 0.6 is 0 Å². The minimum absolute atomic E-state index is 0.00484. The molecule has 0 spiro atoms. The molecule has 0 radical (unpaired) electrons. The maximum atomic E-state index is 13.5. The molecule has 2 rings (SSSR count). The van der Waals surface area contributed by atoms with Crippen molar-refractivity contribution in [3.8, 4) is 0 Å². The summed E-state index contributed by atoms with van der Waals surface area (Å²) >= 11 is 0. The zero-order chi connectivity index (χ0) is 24.1.